The van der Waals surface area contributed by atoms with Gasteiger partial charge in [0.1, 0.15) is 24.4 Å². The molecule has 1 fully saturated rings. The highest BCUT2D eigenvalue weighted by Crippen LogP contribution is 2.23. The van der Waals surface area contributed by atoms with Crippen molar-refractivity contribution in [1.82, 2.24) is 5.32 Å². The Balaban J connectivity index is 2.14. The number of aliphatic hydroxyl groups excluding tert-OH is 5. The van der Waals surface area contributed by atoms with E-state index in [4.69, 9.17) is 9.47 Å². The molecule has 0 saturated carbocycles. The Bertz CT molecular complexity index is 1410. The van der Waals surface area contributed by atoms with Gasteiger partial charge in [-0.05, 0) is 77.0 Å². The molecule has 1 amide bonds. The molecule has 7 atom stereocenters. The molecule has 1 rings (SSSR count). The molecule has 6 N–H and O–H groups in total. The lowest BCUT2D eigenvalue weighted by Gasteiger charge is -2.40. The fourth-order valence-electron chi connectivity index (χ4n) is 10.5. The summed E-state index contributed by atoms with van der Waals surface area (Å²) in [5.74, 6) is -0.188. The zero-order valence-electron chi connectivity index (χ0n) is 50.9. The molecule has 9 nitrogen and oxygen atoms in total. The average Bonchev–Trinajstić information content (AvgIpc) is 3.45. The summed E-state index contributed by atoms with van der Waals surface area (Å²) in [5, 5.41) is 54.6. The third-order valence-electron chi connectivity index (χ3n) is 15.8. The van der Waals surface area contributed by atoms with Gasteiger partial charge in [0.25, 0.3) is 0 Å². The number of hydrogen-bond donors (Lipinski definition) is 6. The molecule has 456 valence electrons. The monoisotopic (exact) mass is 1100 g/mol. The molecule has 0 aromatic heterocycles. The van der Waals surface area contributed by atoms with Gasteiger partial charge in [0.05, 0.1) is 25.4 Å². The number of unbranched alkanes of at least 4 members (excludes halogenated alkanes) is 40. The van der Waals surface area contributed by atoms with E-state index >= 15 is 0 Å². The van der Waals surface area contributed by atoms with Gasteiger partial charge in [-0.3, -0.25) is 4.79 Å². The van der Waals surface area contributed by atoms with Crippen molar-refractivity contribution < 1.29 is 39.8 Å². The Morgan fingerprint density at radius 2 is 0.769 bits per heavy atom. The van der Waals surface area contributed by atoms with Crippen LogP contribution in [0.1, 0.15) is 316 Å². The fourth-order valence-corrected chi connectivity index (χ4v) is 10.5. The fraction of sp³-hybridized carbons (Fsp3) is 0.841. The van der Waals surface area contributed by atoms with Gasteiger partial charge >= 0.3 is 0 Å². The van der Waals surface area contributed by atoms with Crippen molar-refractivity contribution in [1.29, 1.82) is 0 Å². The maximum Gasteiger partial charge on any atom is 0.220 e. The second-order valence-corrected chi connectivity index (χ2v) is 23.2. The summed E-state index contributed by atoms with van der Waals surface area (Å²) in [6, 6.07) is -0.830. The minimum Gasteiger partial charge on any atom is -0.394 e. The first kappa shape index (κ1) is 73.9. The molecular weight excluding hydrogens is 971 g/mol. The van der Waals surface area contributed by atoms with Gasteiger partial charge in [0.2, 0.25) is 5.91 Å². The van der Waals surface area contributed by atoms with Crippen LogP contribution in [0.2, 0.25) is 0 Å². The molecule has 0 aliphatic carbocycles. The van der Waals surface area contributed by atoms with Gasteiger partial charge in [-0.25, -0.2) is 0 Å². The van der Waals surface area contributed by atoms with Crippen LogP contribution in [0.4, 0.5) is 0 Å². The predicted molar refractivity (Wildman–Crippen MR) is 332 cm³/mol. The zero-order valence-corrected chi connectivity index (χ0v) is 50.9. The summed E-state index contributed by atoms with van der Waals surface area (Å²) < 4.78 is 11.3. The molecule has 0 aromatic rings. The first-order valence-electron chi connectivity index (χ1n) is 33.5. The molecule has 1 aliphatic rings. The van der Waals surface area contributed by atoms with Crippen LogP contribution in [-0.2, 0) is 14.3 Å². The Kier molecular flexibility index (Phi) is 55.0. The van der Waals surface area contributed by atoms with E-state index in [9.17, 15) is 30.3 Å². The van der Waals surface area contributed by atoms with Gasteiger partial charge in [-0.2, -0.15) is 0 Å². The van der Waals surface area contributed by atoms with Crippen LogP contribution in [0, 0.1) is 0 Å². The van der Waals surface area contributed by atoms with Crippen molar-refractivity contribution in [3.63, 3.8) is 0 Å². The maximum atomic E-state index is 13.1. The SMILES string of the molecule is CCCCCCCCCCCC/C=C/CC/C=C/CC/C=C/C(O)C(COC1OC(CO)C(O)C(O)C1O)NC(=O)CCCCCCCCCCCCCCCCCCC/C=C\C/C=C\CCCCCCCCCCCCC. The molecular formula is C69H127NO8. The highest BCUT2D eigenvalue weighted by Gasteiger charge is 2.44. The molecule has 0 spiro atoms. The topological polar surface area (TPSA) is 149 Å². The quantitative estimate of drug-likeness (QED) is 0.0261. The zero-order chi connectivity index (χ0) is 56.5. The number of amides is 1. The van der Waals surface area contributed by atoms with Crippen molar-refractivity contribution in [3.8, 4) is 0 Å². The second-order valence-electron chi connectivity index (χ2n) is 23.2. The van der Waals surface area contributed by atoms with Crippen LogP contribution < -0.4 is 5.32 Å². The average molecular weight is 1100 g/mol. The number of ether oxygens (including phenoxy) is 2. The van der Waals surface area contributed by atoms with Gasteiger partial charge in [-0.15, -0.1) is 0 Å². The lowest BCUT2D eigenvalue weighted by Crippen LogP contribution is -2.60. The third kappa shape index (κ3) is 46.5. The number of aliphatic hydroxyl groups is 5. The van der Waals surface area contributed by atoms with Gasteiger partial charge in [0.15, 0.2) is 6.29 Å². The van der Waals surface area contributed by atoms with E-state index in [1.54, 1.807) is 6.08 Å². The summed E-state index contributed by atoms with van der Waals surface area (Å²) in [4.78, 5) is 13.1. The number of carbonyl (C=O) groups is 1. The van der Waals surface area contributed by atoms with Gasteiger partial charge < -0.3 is 40.3 Å². The number of hydrogen-bond acceptors (Lipinski definition) is 8. The van der Waals surface area contributed by atoms with E-state index in [0.717, 1.165) is 51.4 Å². The lowest BCUT2D eigenvalue weighted by atomic mass is 9.99. The lowest BCUT2D eigenvalue weighted by molar-refractivity contribution is -0.302. The number of nitrogens with one attached hydrogen (secondary N) is 1. The molecule has 0 radical (unpaired) electrons. The number of carbonyl (C=O) groups excluding carboxylic acids is 1. The second kappa shape index (κ2) is 58.1. The standard InChI is InChI=1S/C69H127NO8/c1-3-5-7-9-11-13-15-17-19-21-23-25-26-27-28-29-30-31-32-33-34-35-36-37-38-39-41-43-45-47-49-51-53-55-57-59-65(73)70-62(61-77-69-68(76)67(75)66(74)64(60-71)78-69)63(72)58-56-54-52-50-48-46-44-42-40-24-22-20-18-16-14-12-10-8-6-4-2/h26-27,29-30,40,42,48,50,56,58,62-64,66-69,71-72,74-76H,3-25,28,31-39,41,43-47,49,51-55,57,59-61H2,1-2H3,(H,70,73)/b27-26-,30-29-,42-40+,50-48+,58-56+. The van der Waals surface area contributed by atoms with E-state index in [0.29, 0.717) is 6.42 Å². The summed E-state index contributed by atoms with van der Waals surface area (Å²) in [6.07, 6.45) is 73.2. The molecule has 0 bridgehead atoms. The highest BCUT2D eigenvalue weighted by molar-refractivity contribution is 5.76. The van der Waals surface area contributed by atoms with Crippen molar-refractivity contribution in [2.24, 2.45) is 0 Å². The molecule has 0 aromatic carbocycles. The number of allylic oxidation sites excluding steroid dienone is 9. The minimum absolute atomic E-state index is 0.188. The minimum atomic E-state index is -1.58. The van der Waals surface area contributed by atoms with E-state index < -0.39 is 49.5 Å². The highest BCUT2D eigenvalue weighted by atomic mass is 16.7. The van der Waals surface area contributed by atoms with Crippen LogP contribution in [0.5, 0.6) is 0 Å². The van der Waals surface area contributed by atoms with Crippen molar-refractivity contribution in [2.45, 2.75) is 358 Å². The molecule has 1 aliphatic heterocycles. The Morgan fingerprint density at radius 3 is 1.15 bits per heavy atom. The molecule has 1 heterocycles. The van der Waals surface area contributed by atoms with Crippen LogP contribution in [0.25, 0.3) is 0 Å². The molecule has 9 heteroatoms. The Morgan fingerprint density at radius 1 is 0.436 bits per heavy atom. The first-order chi connectivity index (χ1) is 38.3. The molecule has 1 saturated heterocycles. The number of rotatable bonds is 58. The van der Waals surface area contributed by atoms with E-state index in [1.807, 2.05) is 6.08 Å². The maximum absolute atomic E-state index is 13.1. The van der Waals surface area contributed by atoms with Crippen molar-refractivity contribution in [3.05, 3.63) is 60.8 Å². The Labute approximate surface area is 481 Å². The molecule has 78 heavy (non-hydrogen) atoms. The smallest absolute Gasteiger partial charge is 0.220 e. The van der Waals surface area contributed by atoms with E-state index in [2.05, 4.69) is 67.8 Å². The largest absolute Gasteiger partial charge is 0.394 e. The normalized spacial score (nSPS) is 19.0. The van der Waals surface area contributed by atoms with Crippen molar-refractivity contribution in [2.75, 3.05) is 13.2 Å². The van der Waals surface area contributed by atoms with Crippen LogP contribution in [0.3, 0.4) is 0 Å². The summed E-state index contributed by atoms with van der Waals surface area (Å²) in [6.45, 7) is 3.79. The van der Waals surface area contributed by atoms with Crippen LogP contribution in [0.15, 0.2) is 60.8 Å². The third-order valence-corrected chi connectivity index (χ3v) is 15.8. The van der Waals surface area contributed by atoms with Crippen molar-refractivity contribution >= 4 is 5.91 Å². The van der Waals surface area contributed by atoms with Gasteiger partial charge in [0, 0.05) is 6.42 Å². The first-order valence-corrected chi connectivity index (χ1v) is 33.5. The predicted octanol–water partition coefficient (Wildman–Crippen LogP) is 17.8. The van der Waals surface area contributed by atoms with E-state index in [1.165, 1.54) is 244 Å². The summed E-state index contributed by atoms with van der Waals surface area (Å²) in [7, 11) is 0. The summed E-state index contributed by atoms with van der Waals surface area (Å²) in [5.41, 5.74) is 0. The van der Waals surface area contributed by atoms with E-state index in [-0.39, 0.29) is 12.5 Å². The molecule has 7 unspecified atom stereocenters. The Hall–Kier alpha value is -2.11. The van der Waals surface area contributed by atoms with Crippen LogP contribution in [-0.4, -0.2) is 87.5 Å². The van der Waals surface area contributed by atoms with Crippen LogP contribution >= 0.6 is 0 Å². The van der Waals surface area contributed by atoms with Gasteiger partial charge in [-0.1, -0.05) is 293 Å². The summed E-state index contributed by atoms with van der Waals surface area (Å²) >= 11 is 0.